The number of fused-ring (bicyclic) bond motifs is 1. The number of aromatic amines is 1. The summed E-state index contributed by atoms with van der Waals surface area (Å²) < 4.78 is 14.9. The van der Waals surface area contributed by atoms with Crippen LogP contribution < -0.4 is 0 Å². The molecular weight excluding hydrogens is 333 g/mol. The summed E-state index contributed by atoms with van der Waals surface area (Å²) in [6.07, 6.45) is 2.55. The zero-order valence-corrected chi connectivity index (χ0v) is 12.4. The van der Waals surface area contributed by atoms with Crippen molar-refractivity contribution in [1.29, 1.82) is 0 Å². The predicted octanol–water partition coefficient (Wildman–Crippen LogP) is 3.52. The van der Waals surface area contributed by atoms with Crippen molar-refractivity contribution >= 4 is 27.5 Å². The number of hydrogen-bond donors (Lipinski definition) is 1. The van der Waals surface area contributed by atoms with E-state index in [2.05, 4.69) is 31.0 Å². The minimum atomic E-state index is -0.212. The van der Waals surface area contributed by atoms with Crippen molar-refractivity contribution < 1.29 is 4.39 Å². The van der Waals surface area contributed by atoms with E-state index in [1.165, 1.54) is 6.07 Å². The number of H-pyrrole nitrogens is 1. The Balaban J connectivity index is 1.81. The van der Waals surface area contributed by atoms with E-state index in [1.807, 2.05) is 6.07 Å². The van der Waals surface area contributed by atoms with Crippen molar-refractivity contribution in [2.24, 2.45) is 0 Å². The summed E-state index contributed by atoms with van der Waals surface area (Å²) in [5.41, 5.74) is 2.79. The molecule has 2 heterocycles. The molecule has 19 heavy (non-hydrogen) atoms. The van der Waals surface area contributed by atoms with Crippen LogP contribution in [0, 0.1) is 5.82 Å². The smallest absolute Gasteiger partial charge is 0.129 e. The van der Waals surface area contributed by atoms with Gasteiger partial charge < -0.3 is 0 Å². The molecule has 100 valence electrons. The maximum atomic E-state index is 13.9. The normalized spacial score (nSPS) is 15.5. The first-order chi connectivity index (χ1) is 9.13. The van der Waals surface area contributed by atoms with Crippen LogP contribution in [-0.2, 0) is 19.5 Å². The second kappa shape index (κ2) is 5.23. The summed E-state index contributed by atoms with van der Waals surface area (Å²) in [7, 11) is 0. The third kappa shape index (κ3) is 2.68. The highest BCUT2D eigenvalue weighted by molar-refractivity contribution is 9.10. The highest BCUT2D eigenvalue weighted by Gasteiger charge is 2.21. The van der Waals surface area contributed by atoms with Gasteiger partial charge in [-0.25, -0.2) is 4.39 Å². The lowest BCUT2D eigenvalue weighted by Crippen LogP contribution is -2.31. The zero-order valence-electron chi connectivity index (χ0n) is 10.1. The van der Waals surface area contributed by atoms with Crippen molar-refractivity contribution in [3.63, 3.8) is 0 Å². The molecule has 0 unspecified atom stereocenters. The largest absolute Gasteiger partial charge is 0.293 e. The van der Waals surface area contributed by atoms with Gasteiger partial charge >= 0.3 is 0 Å². The number of benzene rings is 1. The van der Waals surface area contributed by atoms with E-state index in [0.717, 1.165) is 40.8 Å². The fourth-order valence-corrected chi connectivity index (χ4v) is 2.95. The van der Waals surface area contributed by atoms with E-state index in [1.54, 1.807) is 6.20 Å². The second-order valence-corrected chi connectivity index (χ2v) is 5.97. The maximum Gasteiger partial charge on any atom is 0.129 e. The molecule has 6 heteroatoms. The molecular formula is C13H12BrClFN3. The Morgan fingerprint density at radius 3 is 3.05 bits per heavy atom. The highest BCUT2D eigenvalue weighted by Crippen LogP contribution is 2.27. The predicted molar refractivity (Wildman–Crippen MR) is 75.5 cm³/mol. The summed E-state index contributed by atoms with van der Waals surface area (Å²) in [6, 6.07) is 3.25. The van der Waals surface area contributed by atoms with Crippen molar-refractivity contribution in [1.82, 2.24) is 15.1 Å². The van der Waals surface area contributed by atoms with Crippen LogP contribution in [0.5, 0.6) is 0 Å². The summed E-state index contributed by atoms with van der Waals surface area (Å²) in [4.78, 5) is 2.19. The zero-order chi connectivity index (χ0) is 13.4. The minimum Gasteiger partial charge on any atom is -0.293 e. The van der Waals surface area contributed by atoms with Crippen LogP contribution >= 0.6 is 27.5 Å². The van der Waals surface area contributed by atoms with Crippen LogP contribution in [0.25, 0.3) is 0 Å². The van der Waals surface area contributed by atoms with Crippen LogP contribution in [0.3, 0.4) is 0 Å². The Morgan fingerprint density at radius 2 is 2.32 bits per heavy atom. The Morgan fingerprint density at radius 1 is 1.47 bits per heavy atom. The third-order valence-corrected chi connectivity index (χ3v) is 4.28. The molecule has 3 rings (SSSR count). The van der Waals surface area contributed by atoms with Crippen LogP contribution in [-0.4, -0.2) is 21.6 Å². The first kappa shape index (κ1) is 13.1. The van der Waals surface area contributed by atoms with Gasteiger partial charge in [0.15, 0.2) is 0 Å². The van der Waals surface area contributed by atoms with E-state index in [-0.39, 0.29) is 5.82 Å². The van der Waals surface area contributed by atoms with Gasteiger partial charge in [-0.1, -0.05) is 11.6 Å². The first-order valence-electron chi connectivity index (χ1n) is 6.00. The summed E-state index contributed by atoms with van der Waals surface area (Å²) in [6.45, 7) is 2.21. The van der Waals surface area contributed by atoms with E-state index in [0.29, 0.717) is 11.6 Å². The lowest BCUT2D eigenvalue weighted by Gasteiger charge is -2.28. The fourth-order valence-electron chi connectivity index (χ4n) is 2.41. The van der Waals surface area contributed by atoms with E-state index in [9.17, 15) is 4.39 Å². The standard InChI is InChI=1S/C13H12BrClFN3/c14-11-5-17-18-13(11)7-19-2-1-8-3-9(15)4-12(16)10(8)6-19/h3-5H,1-2,6-7H2,(H,17,18). The second-order valence-electron chi connectivity index (χ2n) is 4.68. The number of nitrogens with zero attached hydrogens (tertiary/aromatic N) is 2. The number of hydrogen-bond acceptors (Lipinski definition) is 2. The van der Waals surface area contributed by atoms with Crippen molar-refractivity contribution in [2.45, 2.75) is 19.5 Å². The van der Waals surface area contributed by atoms with Gasteiger partial charge in [-0.05, 0) is 40.0 Å². The Bertz CT molecular complexity index is 614. The Labute approximate surface area is 123 Å². The summed E-state index contributed by atoms with van der Waals surface area (Å²) in [5.74, 6) is -0.212. The Hall–Kier alpha value is -0.910. The van der Waals surface area contributed by atoms with E-state index < -0.39 is 0 Å². The highest BCUT2D eigenvalue weighted by atomic mass is 79.9. The van der Waals surface area contributed by atoms with Crippen LogP contribution in [0.1, 0.15) is 16.8 Å². The minimum absolute atomic E-state index is 0.212. The van der Waals surface area contributed by atoms with Gasteiger partial charge in [0.05, 0.1) is 16.4 Å². The Kier molecular flexibility index (Phi) is 3.60. The molecule has 0 fully saturated rings. The molecule has 1 aliphatic rings. The molecule has 1 N–H and O–H groups in total. The summed E-state index contributed by atoms with van der Waals surface area (Å²) in [5, 5.41) is 7.39. The molecule has 1 aromatic heterocycles. The first-order valence-corrected chi connectivity index (χ1v) is 7.17. The number of nitrogens with one attached hydrogen (secondary N) is 1. The quantitative estimate of drug-likeness (QED) is 0.904. The molecule has 0 radical (unpaired) electrons. The van der Waals surface area contributed by atoms with Crippen molar-refractivity contribution in [3.05, 3.63) is 50.5 Å². The average molecular weight is 345 g/mol. The molecule has 3 nitrogen and oxygen atoms in total. The van der Waals surface area contributed by atoms with Gasteiger partial charge in [0.2, 0.25) is 0 Å². The van der Waals surface area contributed by atoms with Crippen LogP contribution in [0.2, 0.25) is 5.02 Å². The van der Waals surface area contributed by atoms with E-state index >= 15 is 0 Å². The lowest BCUT2D eigenvalue weighted by atomic mass is 9.99. The lowest BCUT2D eigenvalue weighted by molar-refractivity contribution is 0.237. The monoisotopic (exact) mass is 343 g/mol. The van der Waals surface area contributed by atoms with Gasteiger partial charge in [-0.15, -0.1) is 0 Å². The molecule has 0 bridgehead atoms. The molecule has 1 aromatic carbocycles. The molecule has 1 aliphatic heterocycles. The number of halogens is 3. The molecule has 0 atom stereocenters. The fraction of sp³-hybridized carbons (Fsp3) is 0.308. The molecule has 0 spiro atoms. The van der Waals surface area contributed by atoms with Crippen LogP contribution in [0.15, 0.2) is 22.8 Å². The number of rotatable bonds is 2. The number of aromatic nitrogens is 2. The molecule has 0 saturated carbocycles. The van der Waals surface area contributed by atoms with Crippen molar-refractivity contribution in [3.8, 4) is 0 Å². The topological polar surface area (TPSA) is 31.9 Å². The third-order valence-electron chi connectivity index (χ3n) is 3.38. The van der Waals surface area contributed by atoms with Gasteiger partial charge in [0, 0.05) is 30.2 Å². The SMILES string of the molecule is Fc1cc(Cl)cc2c1CN(Cc1[nH]ncc1Br)CC2. The van der Waals surface area contributed by atoms with E-state index in [4.69, 9.17) is 11.6 Å². The van der Waals surface area contributed by atoms with Gasteiger partial charge in [0.1, 0.15) is 5.82 Å². The van der Waals surface area contributed by atoms with Crippen molar-refractivity contribution in [2.75, 3.05) is 6.54 Å². The van der Waals surface area contributed by atoms with Gasteiger partial charge in [-0.3, -0.25) is 10.00 Å². The molecule has 0 aliphatic carbocycles. The molecule has 0 saturated heterocycles. The molecule has 0 amide bonds. The van der Waals surface area contributed by atoms with Gasteiger partial charge in [0.25, 0.3) is 0 Å². The average Bonchev–Trinajstić information content (AvgIpc) is 2.76. The maximum absolute atomic E-state index is 13.9. The summed E-state index contributed by atoms with van der Waals surface area (Å²) >= 11 is 9.32. The van der Waals surface area contributed by atoms with Gasteiger partial charge in [-0.2, -0.15) is 5.10 Å². The molecule has 2 aromatic rings. The van der Waals surface area contributed by atoms with Crippen LogP contribution in [0.4, 0.5) is 4.39 Å².